The quantitative estimate of drug-likeness (QED) is 0.723. The maximum Gasteiger partial charge on any atom is 0.0934 e. The van der Waals surface area contributed by atoms with E-state index < -0.39 is 0 Å². The standard InChI is InChI=1S/C12H21NO/c1-3-5-12(13-4-2)7-6-11-8-9-14-10-11/h8-10,12-13H,3-7H2,1-2H3. The maximum atomic E-state index is 5.05. The molecule has 1 aromatic rings. The minimum atomic E-state index is 0.667. The molecule has 2 nitrogen and oxygen atoms in total. The molecule has 1 heterocycles. The first-order chi connectivity index (χ1) is 6.86. The monoisotopic (exact) mass is 195 g/mol. The highest BCUT2D eigenvalue weighted by atomic mass is 16.3. The molecule has 0 spiro atoms. The summed E-state index contributed by atoms with van der Waals surface area (Å²) < 4.78 is 5.05. The van der Waals surface area contributed by atoms with Crippen molar-refractivity contribution in [1.29, 1.82) is 0 Å². The molecular formula is C12H21NO. The molecule has 0 saturated heterocycles. The van der Waals surface area contributed by atoms with Gasteiger partial charge in [-0.2, -0.15) is 0 Å². The number of furan rings is 1. The lowest BCUT2D eigenvalue weighted by Gasteiger charge is -2.16. The summed E-state index contributed by atoms with van der Waals surface area (Å²) in [5.74, 6) is 0. The number of aryl methyl sites for hydroxylation is 1. The lowest BCUT2D eigenvalue weighted by atomic mass is 10.0. The van der Waals surface area contributed by atoms with E-state index in [2.05, 4.69) is 25.2 Å². The van der Waals surface area contributed by atoms with Gasteiger partial charge in [-0.1, -0.05) is 20.3 Å². The van der Waals surface area contributed by atoms with E-state index in [9.17, 15) is 0 Å². The van der Waals surface area contributed by atoms with E-state index in [1.807, 2.05) is 6.26 Å². The third-order valence-electron chi connectivity index (χ3n) is 2.49. The Labute approximate surface area is 86.7 Å². The fourth-order valence-electron chi connectivity index (χ4n) is 1.76. The highest BCUT2D eigenvalue weighted by Crippen LogP contribution is 2.09. The first-order valence-electron chi connectivity index (χ1n) is 5.61. The number of rotatable bonds is 7. The second kappa shape index (κ2) is 6.66. The fraction of sp³-hybridized carbons (Fsp3) is 0.667. The van der Waals surface area contributed by atoms with E-state index >= 15 is 0 Å². The second-order valence-electron chi connectivity index (χ2n) is 3.71. The molecule has 14 heavy (non-hydrogen) atoms. The summed E-state index contributed by atoms with van der Waals surface area (Å²) in [6, 6.07) is 2.72. The first kappa shape index (κ1) is 11.3. The molecular weight excluding hydrogens is 174 g/mol. The minimum Gasteiger partial charge on any atom is -0.472 e. The Morgan fingerprint density at radius 2 is 2.21 bits per heavy atom. The van der Waals surface area contributed by atoms with Crippen molar-refractivity contribution in [2.75, 3.05) is 6.54 Å². The van der Waals surface area contributed by atoms with Crippen LogP contribution in [0.4, 0.5) is 0 Å². The zero-order valence-electron chi connectivity index (χ0n) is 9.25. The normalized spacial score (nSPS) is 13.0. The van der Waals surface area contributed by atoms with Crippen LogP contribution in [0.15, 0.2) is 23.0 Å². The lowest BCUT2D eigenvalue weighted by Crippen LogP contribution is -2.29. The van der Waals surface area contributed by atoms with E-state index in [-0.39, 0.29) is 0 Å². The minimum absolute atomic E-state index is 0.667. The lowest BCUT2D eigenvalue weighted by molar-refractivity contribution is 0.458. The molecule has 0 amide bonds. The number of hydrogen-bond acceptors (Lipinski definition) is 2. The van der Waals surface area contributed by atoms with Crippen LogP contribution in [-0.4, -0.2) is 12.6 Å². The fourth-order valence-corrected chi connectivity index (χ4v) is 1.76. The van der Waals surface area contributed by atoms with Gasteiger partial charge in [0, 0.05) is 6.04 Å². The van der Waals surface area contributed by atoms with Crippen molar-refractivity contribution in [3.8, 4) is 0 Å². The predicted molar refractivity (Wildman–Crippen MR) is 59.4 cm³/mol. The van der Waals surface area contributed by atoms with Crippen molar-refractivity contribution < 1.29 is 4.42 Å². The molecule has 0 bridgehead atoms. The van der Waals surface area contributed by atoms with Gasteiger partial charge in [-0.15, -0.1) is 0 Å². The van der Waals surface area contributed by atoms with Crippen LogP contribution < -0.4 is 5.32 Å². The Bertz CT molecular complexity index is 212. The molecule has 1 aromatic heterocycles. The van der Waals surface area contributed by atoms with Gasteiger partial charge in [0.25, 0.3) is 0 Å². The van der Waals surface area contributed by atoms with E-state index in [1.54, 1.807) is 6.26 Å². The smallest absolute Gasteiger partial charge is 0.0934 e. The number of hydrogen-bond donors (Lipinski definition) is 1. The predicted octanol–water partition coefficient (Wildman–Crippen LogP) is 2.99. The second-order valence-corrected chi connectivity index (χ2v) is 3.71. The van der Waals surface area contributed by atoms with E-state index in [0.717, 1.165) is 13.0 Å². The van der Waals surface area contributed by atoms with Crippen LogP contribution in [0.5, 0.6) is 0 Å². The third kappa shape index (κ3) is 3.97. The van der Waals surface area contributed by atoms with Crippen LogP contribution in [0.1, 0.15) is 38.7 Å². The Kier molecular flexibility index (Phi) is 5.38. The van der Waals surface area contributed by atoms with Gasteiger partial charge >= 0.3 is 0 Å². The third-order valence-corrected chi connectivity index (χ3v) is 2.49. The largest absolute Gasteiger partial charge is 0.472 e. The van der Waals surface area contributed by atoms with Gasteiger partial charge in [0.15, 0.2) is 0 Å². The van der Waals surface area contributed by atoms with Crippen molar-refractivity contribution in [2.45, 2.75) is 45.6 Å². The molecule has 0 aliphatic rings. The van der Waals surface area contributed by atoms with Gasteiger partial charge in [0.1, 0.15) is 0 Å². The Hall–Kier alpha value is -0.760. The SMILES string of the molecule is CCCC(CCc1ccoc1)NCC. The van der Waals surface area contributed by atoms with Gasteiger partial charge in [-0.05, 0) is 37.4 Å². The van der Waals surface area contributed by atoms with Gasteiger partial charge in [-0.3, -0.25) is 0 Å². The summed E-state index contributed by atoms with van der Waals surface area (Å²) >= 11 is 0. The van der Waals surface area contributed by atoms with Crippen molar-refractivity contribution in [3.63, 3.8) is 0 Å². The molecule has 0 aromatic carbocycles. The first-order valence-corrected chi connectivity index (χ1v) is 5.61. The average Bonchev–Trinajstić information content (AvgIpc) is 2.67. The van der Waals surface area contributed by atoms with Gasteiger partial charge < -0.3 is 9.73 Å². The highest BCUT2D eigenvalue weighted by molar-refractivity contribution is 5.05. The summed E-state index contributed by atoms with van der Waals surface area (Å²) in [5.41, 5.74) is 1.31. The Morgan fingerprint density at radius 1 is 1.36 bits per heavy atom. The van der Waals surface area contributed by atoms with Gasteiger partial charge in [0.05, 0.1) is 12.5 Å². The number of nitrogens with one attached hydrogen (secondary N) is 1. The van der Waals surface area contributed by atoms with Crippen LogP contribution in [0, 0.1) is 0 Å². The van der Waals surface area contributed by atoms with Crippen molar-refractivity contribution in [1.82, 2.24) is 5.32 Å². The molecule has 80 valence electrons. The van der Waals surface area contributed by atoms with Crippen LogP contribution in [0.2, 0.25) is 0 Å². The molecule has 1 atom stereocenters. The van der Waals surface area contributed by atoms with E-state index in [0.29, 0.717) is 6.04 Å². The van der Waals surface area contributed by atoms with Crippen molar-refractivity contribution in [2.24, 2.45) is 0 Å². The molecule has 1 rings (SSSR count). The summed E-state index contributed by atoms with van der Waals surface area (Å²) in [7, 11) is 0. The van der Waals surface area contributed by atoms with Gasteiger partial charge in [0.2, 0.25) is 0 Å². The van der Waals surface area contributed by atoms with Gasteiger partial charge in [-0.25, -0.2) is 0 Å². The molecule has 2 heteroatoms. The van der Waals surface area contributed by atoms with Crippen LogP contribution in [0.25, 0.3) is 0 Å². The zero-order chi connectivity index (χ0) is 10.2. The van der Waals surface area contributed by atoms with E-state index in [1.165, 1.54) is 24.8 Å². The molecule has 0 saturated carbocycles. The molecule has 1 unspecified atom stereocenters. The highest BCUT2D eigenvalue weighted by Gasteiger charge is 2.06. The molecule has 0 aliphatic carbocycles. The van der Waals surface area contributed by atoms with Crippen molar-refractivity contribution in [3.05, 3.63) is 24.2 Å². The molecule has 0 aliphatic heterocycles. The summed E-state index contributed by atoms with van der Waals surface area (Å²) in [6.07, 6.45) is 8.44. The van der Waals surface area contributed by atoms with Crippen LogP contribution >= 0.6 is 0 Å². The molecule has 0 fully saturated rings. The molecule has 1 N–H and O–H groups in total. The van der Waals surface area contributed by atoms with Crippen LogP contribution in [-0.2, 0) is 6.42 Å². The average molecular weight is 195 g/mol. The topological polar surface area (TPSA) is 25.2 Å². The summed E-state index contributed by atoms with van der Waals surface area (Å²) in [4.78, 5) is 0. The Balaban J connectivity index is 2.25. The molecule has 0 radical (unpaired) electrons. The van der Waals surface area contributed by atoms with E-state index in [4.69, 9.17) is 4.42 Å². The Morgan fingerprint density at radius 3 is 2.79 bits per heavy atom. The summed E-state index contributed by atoms with van der Waals surface area (Å²) in [5, 5.41) is 3.52. The summed E-state index contributed by atoms with van der Waals surface area (Å²) in [6.45, 7) is 5.47. The van der Waals surface area contributed by atoms with Crippen molar-refractivity contribution >= 4 is 0 Å². The zero-order valence-corrected chi connectivity index (χ0v) is 9.25. The maximum absolute atomic E-state index is 5.05. The van der Waals surface area contributed by atoms with Crippen LogP contribution in [0.3, 0.4) is 0 Å².